The highest BCUT2D eigenvalue weighted by Gasteiger charge is 2.48. The third-order valence-electron chi connectivity index (χ3n) is 5.22. The molecule has 1 aliphatic heterocycles. The van der Waals surface area contributed by atoms with Gasteiger partial charge in [0.1, 0.15) is 6.17 Å². The highest BCUT2D eigenvalue weighted by molar-refractivity contribution is 7.89. The van der Waals surface area contributed by atoms with Crippen molar-refractivity contribution in [3.63, 3.8) is 0 Å². The lowest BCUT2D eigenvalue weighted by Crippen LogP contribution is -2.62. The minimum atomic E-state index is -4.20. The maximum absolute atomic E-state index is 13.2. The molecule has 2 amide bonds. The van der Waals surface area contributed by atoms with Crippen LogP contribution in [0.1, 0.15) is 25.8 Å². The number of nitro benzene ring substituents is 1. The number of non-ortho nitro benzene ring substituents is 1. The summed E-state index contributed by atoms with van der Waals surface area (Å²) >= 11 is 0. The van der Waals surface area contributed by atoms with Crippen LogP contribution in [0.3, 0.4) is 0 Å². The van der Waals surface area contributed by atoms with Crippen LogP contribution in [-0.2, 0) is 29.1 Å². The molecule has 2 aromatic rings. The average Bonchev–Trinajstić information content (AvgIpc) is 2.79. The zero-order valence-electron chi connectivity index (χ0n) is 19.6. The van der Waals surface area contributed by atoms with Crippen molar-refractivity contribution in [3.8, 4) is 5.75 Å². The molecule has 2 unspecified atom stereocenters. The maximum atomic E-state index is 13.2. The number of benzene rings is 2. The number of hydrogen-bond acceptors (Lipinski definition) is 9. The van der Waals surface area contributed by atoms with Crippen LogP contribution in [0.5, 0.6) is 5.75 Å². The summed E-state index contributed by atoms with van der Waals surface area (Å²) in [5, 5.41) is 15.8. The molecule has 192 valence electrons. The Morgan fingerprint density at radius 3 is 2.50 bits per heavy atom. The van der Waals surface area contributed by atoms with Gasteiger partial charge in [0.2, 0.25) is 10.0 Å². The molecule has 3 rings (SSSR count). The number of sulfonamides is 1. The number of aryl methyl sites for hydroxylation is 1. The Labute approximate surface area is 206 Å². The van der Waals surface area contributed by atoms with E-state index >= 15 is 0 Å². The van der Waals surface area contributed by atoms with Crippen LogP contribution in [0.15, 0.2) is 47.4 Å². The van der Waals surface area contributed by atoms with Crippen molar-refractivity contribution >= 4 is 39.2 Å². The topological polar surface area (TPSA) is 183 Å². The number of ether oxygens (including phenoxy) is 2. The van der Waals surface area contributed by atoms with Crippen LogP contribution >= 0.6 is 0 Å². The predicted molar refractivity (Wildman–Crippen MR) is 125 cm³/mol. The van der Waals surface area contributed by atoms with Gasteiger partial charge in [0.05, 0.1) is 34.6 Å². The Balaban J connectivity index is 1.87. The monoisotopic (exact) mass is 520 g/mol. The molecule has 2 aromatic carbocycles. The van der Waals surface area contributed by atoms with Crippen molar-refractivity contribution in [2.45, 2.75) is 43.9 Å². The van der Waals surface area contributed by atoms with Gasteiger partial charge in [-0.05, 0) is 39.0 Å². The predicted octanol–water partition coefficient (Wildman–Crippen LogP) is 1.37. The molecule has 2 atom stereocenters. The minimum absolute atomic E-state index is 0.0169. The van der Waals surface area contributed by atoms with Gasteiger partial charge in [0, 0.05) is 6.07 Å². The SMILES string of the molecule is CCOC(=O)CC(NC(=O)C1(C)Oc2cc([N+](=O)[O-])ccc2NC1=O)NS(=O)(=O)c1ccc(C)cc1. The van der Waals surface area contributed by atoms with Gasteiger partial charge in [-0.25, -0.2) is 8.42 Å². The smallest absolute Gasteiger partial charge is 0.309 e. The first-order valence-electron chi connectivity index (χ1n) is 10.7. The lowest BCUT2D eigenvalue weighted by molar-refractivity contribution is -0.385. The van der Waals surface area contributed by atoms with E-state index in [4.69, 9.17) is 9.47 Å². The Hall–Kier alpha value is -4.04. The van der Waals surface area contributed by atoms with Crippen LogP contribution in [0.2, 0.25) is 0 Å². The summed E-state index contributed by atoms with van der Waals surface area (Å²) in [7, 11) is -4.20. The molecular formula is C22H24N4O9S. The fourth-order valence-electron chi connectivity index (χ4n) is 3.25. The molecule has 1 aliphatic rings. The molecule has 0 fully saturated rings. The van der Waals surface area contributed by atoms with Gasteiger partial charge < -0.3 is 20.1 Å². The summed E-state index contributed by atoms with van der Waals surface area (Å²) in [6, 6.07) is 9.29. The fourth-order valence-corrected chi connectivity index (χ4v) is 4.39. The highest BCUT2D eigenvalue weighted by Crippen LogP contribution is 2.36. The van der Waals surface area contributed by atoms with Crippen LogP contribution < -0.4 is 20.1 Å². The molecule has 0 bridgehead atoms. The number of anilines is 1. The van der Waals surface area contributed by atoms with E-state index in [1.165, 1.54) is 18.2 Å². The third-order valence-corrected chi connectivity index (χ3v) is 6.70. The van der Waals surface area contributed by atoms with Crippen LogP contribution in [0.25, 0.3) is 0 Å². The first-order chi connectivity index (χ1) is 16.9. The molecule has 0 saturated carbocycles. The summed E-state index contributed by atoms with van der Waals surface area (Å²) in [5.74, 6) is -2.95. The lowest BCUT2D eigenvalue weighted by atomic mass is 10.0. The number of nitro groups is 1. The molecule has 0 saturated heterocycles. The van der Waals surface area contributed by atoms with Gasteiger partial charge in [0.25, 0.3) is 23.1 Å². The minimum Gasteiger partial charge on any atom is -0.466 e. The van der Waals surface area contributed by atoms with Crippen molar-refractivity contribution in [1.82, 2.24) is 10.0 Å². The second-order valence-corrected chi connectivity index (χ2v) is 9.71. The van der Waals surface area contributed by atoms with E-state index in [1.54, 1.807) is 26.0 Å². The number of amides is 2. The molecule has 1 heterocycles. The van der Waals surface area contributed by atoms with E-state index in [2.05, 4.69) is 15.4 Å². The third kappa shape index (κ3) is 5.78. The second-order valence-electron chi connectivity index (χ2n) is 8.00. The van der Waals surface area contributed by atoms with Gasteiger partial charge in [-0.2, -0.15) is 4.72 Å². The summed E-state index contributed by atoms with van der Waals surface area (Å²) in [4.78, 5) is 48.3. The average molecular weight is 521 g/mol. The van der Waals surface area contributed by atoms with Crippen molar-refractivity contribution in [2.75, 3.05) is 11.9 Å². The summed E-state index contributed by atoms with van der Waals surface area (Å²) in [6.07, 6.45) is -2.10. The zero-order valence-corrected chi connectivity index (χ0v) is 20.4. The molecule has 3 N–H and O–H groups in total. The van der Waals surface area contributed by atoms with E-state index in [1.807, 2.05) is 0 Å². The van der Waals surface area contributed by atoms with Crippen molar-refractivity contribution in [1.29, 1.82) is 0 Å². The Morgan fingerprint density at radius 1 is 1.22 bits per heavy atom. The number of nitrogens with zero attached hydrogens (tertiary/aromatic N) is 1. The molecule has 0 spiro atoms. The first-order valence-corrected chi connectivity index (χ1v) is 12.2. The number of hydrogen-bond donors (Lipinski definition) is 3. The number of carbonyl (C=O) groups is 3. The lowest BCUT2D eigenvalue weighted by Gasteiger charge is -2.34. The standard InChI is InChI=1S/C22H24N4O9S/c1-4-34-19(27)12-18(25-36(32,33)15-8-5-13(2)6-9-15)24-21(29)22(3)20(28)23-16-10-7-14(26(30)31)11-17(16)35-22/h5-11,18,25H,4,12H2,1-3H3,(H,23,28)(H,24,29). The van der Waals surface area contributed by atoms with Crippen LogP contribution in [-0.4, -0.2) is 49.5 Å². The molecule has 0 aliphatic carbocycles. The first kappa shape index (κ1) is 26.6. The molecule has 0 radical (unpaired) electrons. The van der Waals surface area contributed by atoms with E-state index in [9.17, 15) is 32.9 Å². The van der Waals surface area contributed by atoms with Crippen molar-refractivity contribution < 1.29 is 37.2 Å². The quantitative estimate of drug-likeness (QED) is 0.144. The summed E-state index contributed by atoms with van der Waals surface area (Å²) in [6.45, 7) is 4.45. The summed E-state index contributed by atoms with van der Waals surface area (Å²) in [5.41, 5.74) is -1.65. The van der Waals surface area contributed by atoms with E-state index in [0.717, 1.165) is 24.6 Å². The normalized spacial score (nSPS) is 17.7. The van der Waals surface area contributed by atoms with Crippen LogP contribution in [0, 0.1) is 17.0 Å². The molecule has 13 nitrogen and oxygen atoms in total. The van der Waals surface area contributed by atoms with E-state index in [-0.39, 0.29) is 28.6 Å². The van der Waals surface area contributed by atoms with Gasteiger partial charge in [-0.3, -0.25) is 24.5 Å². The largest absolute Gasteiger partial charge is 0.466 e. The number of esters is 1. The van der Waals surface area contributed by atoms with Gasteiger partial charge in [0.15, 0.2) is 5.75 Å². The molecule has 14 heteroatoms. The van der Waals surface area contributed by atoms with E-state index in [0.29, 0.717) is 0 Å². The van der Waals surface area contributed by atoms with E-state index < -0.39 is 50.9 Å². The molecule has 36 heavy (non-hydrogen) atoms. The van der Waals surface area contributed by atoms with Crippen molar-refractivity contribution in [2.24, 2.45) is 0 Å². The van der Waals surface area contributed by atoms with Gasteiger partial charge in [-0.1, -0.05) is 17.7 Å². The summed E-state index contributed by atoms with van der Waals surface area (Å²) < 4.78 is 38.4. The van der Waals surface area contributed by atoms with Crippen molar-refractivity contribution in [3.05, 3.63) is 58.1 Å². The molecule has 0 aromatic heterocycles. The number of fused-ring (bicyclic) bond motifs is 1. The number of nitrogens with one attached hydrogen (secondary N) is 3. The Bertz CT molecular complexity index is 1310. The van der Waals surface area contributed by atoms with Gasteiger partial charge in [-0.15, -0.1) is 0 Å². The Kier molecular flexibility index (Phi) is 7.59. The number of rotatable bonds is 9. The zero-order chi connectivity index (χ0) is 26.7. The fraction of sp³-hybridized carbons (Fsp3) is 0.318. The maximum Gasteiger partial charge on any atom is 0.309 e. The highest BCUT2D eigenvalue weighted by atomic mass is 32.2. The van der Waals surface area contributed by atoms with Gasteiger partial charge >= 0.3 is 5.97 Å². The second kappa shape index (κ2) is 10.3. The number of carbonyl (C=O) groups excluding carboxylic acids is 3. The Morgan fingerprint density at radius 2 is 1.89 bits per heavy atom. The van der Waals surface area contributed by atoms with Crippen LogP contribution in [0.4, 0.5) is 11.4 Å². The molecular weight excluding hydrogens is 496 g/mol.